The van der Waals surface area contributed by atoms with Crippen molar-refractivity contribution in [3.8, 4) is 0 Å². The first-order chi connectivity index (χ1) is 6.69. The first-order valence-electron chi connectivity index (χ1n) is 4.22. The molecule has 1 rings (SSSR count). The van der Waals surface area contributed by atoms with E-state index in [2.05, 4.69) is 23.1 Å². The molecule has 0 bridgehead atoms. The van der Waals surface area contributed by atoms with E-state index in [1.165, 1.54) is 0 Å². The molecule has 0 unspecified atom stereocenters. The van der Waals surface area contributed by atoms with Crippen LogP contribution in [0, 0.1) is 0 Å². The second-order valence-corrected chi connectivity index (χ2v) is 2.80. The molecule has 0 aromatic carbocycles. The Kier molecular flexibility index (Phi) is 3.23. The fourth-order valence-electron chi connectivity index (χ4n) is 1.17. The van der Waals surface area contributed by atoms with Gasteiger partial charge in [-0.2, -0.15) is 0 Å². The number of imidazole rings is 1. The molecule has 74 valence electrons. The molecule has 4 nitrogen and oxygen atoms in total. The van der Waals surface area contributed by atoms with E-state index >= 15 is 0 Å². The van der Waals surface area contributed by atoms with Crippen molar-refractivity contribution in [1.29, 1.82) is 0 Å². The second kappa shape index (κ2) is 4.41. The first-order valence-corrected chi connectivity index (χ1v) is 4.22. The zero-order valence-corrected chi connectivity index (χ0v) is 7.79. The largest absolute Gasteiger partial charge is 0.476 e. The number of rotatable bonds is 5. The minimum absolute atomic E-state index is 0.0711. The molecular weight excluding hydrogens is 180 g/mol. The van der Waals surface area contributed by atoms with Crippen LogP contribution >= 0.6 is 0 Å². The van der Waals surface area contributed by atoms with Crippen LogP contribution in [0.1, 0.15) is 22.0 Å². The number of aromatic nitrogens is 2. The Balaban J connectivity index is 3.04. The van der Waals surface area contributed by atoms with E-state index in [-0.39, 0.29) is 5.69 Å². The molecule has 4 heteroatoms. The molecule has 0 atom stereocenters. The number of aromatic amines is 1. The minimum atomic E-state index is -1.02. The first kappa shape index (κ1) is 10.2. The van der Waals surface area contributed by atoms with Gasteiger partial charge in [0.2, 0.25) is 0 Å². The number of carboxylic acids is 1. The average Bonchev–Trinajstić information content (AvgIpc) is 2.49. The molecule has 14 heavy (non-hydrogen) atoms. The number of allylic oxidation sites excluding steroid dienone is 2. The Morgan fingerprint density at radius 1 is 1.43 bits per heavy atom. The van der Waals surface area contributed by atoms with Crippen molar-refractivity contribution in [1.82, 2.24) is 9.97 Å². The van der Waals surface area contributed by atoms with Gasteiger partial charge in [0.05, 0.1) is 5.69 Å². The number of nitrogens with one attached hydrogen (secondary N) is 1. The van der Waals surface area contributed by atoms with E-state index in [0.717, 1.165) is 0 Å². The van der Waals surface area contributed by atoms with Crippen molar-refractivity contribution in [3.05, 3.63) is 42.5 Å². The molecular formula is C10H12N2O2. The van der Waals surface area contributed by atoms with E-state index in [1.54, 1.807) is 12.2 Å². The van der Waals surface area contributed by atoms with Gasteiger partial charge in [-0.25, -0.2) is 9.78 Å². The number of hydrogen-bond acceptors (Lipinski definition) is 2. The van der Waals surface area contributed by atoms with Crippen molar-refractivity contribution in [2.75, 3.05) is 0 Å². The van der Waals surface area contributed by atoms with Crippen LogP contribution in [-0.2, 0) is 12.8 Å². The second-order valence-electron chi connectivity index (χ2n) is 2.80. The Morgan fingerprint density at radius 3 is 2.57 bits per heavy atom. The number of nitrogens with zero attached hydrogens (tertiary/aromatic N) is 1. The highest BCUT2D eigenvalue weighted by molar-refractivity contribution is 5.86. The van der Waals surface area contributed by atoms with Crippen molar-refractivity contribution in [2.24, 2.45) is 0 Å². The third-order valence-electron chi connectivity index (χ3n) is 1.72. The van der Waals surface area contributed by atoms with Crippen molar-refractivity contribution >= 4 is 5.97 Å². The van der Waals surface area contributed by atoms with Gasteiger partial charge in [-0.1, -0.05) is 12.2 Å². The third kappa shape index (κ3) is 2.10. The third-order valence-corrected chi connectivity index (χ3v) is 1.72. The zero-order valence-electron chi connectivity index (χ0n) is 7.79. The van der Waals surface area contributed by atoms with E-state index in [0.29, 0.717) is 24.4 Å². The van der Waals surface area contributed by atoms with Crippen LogP contribution in [0.2, 0.25) is 0 Å². The predicted octanol–water partition coefficient (Wildman–Crippen LogP) is 1.56. The van der Waals surface area contributed by atoms with E-state index in [4.69, 9.17) is 5.11 Å². The maximum Gasteiger partial charge on any atom is 0.356 e. The topological polar surface area (TPSA) is 66.0 Å². The lowest BCUT2D eigenvalue weighted by molar-refractivity contribution is 0.0690. The van der Waals surface area contributed by atoms with Crippen molar-refractivity contribution < 1.29 is 9.90 Å². The van der Waals surface area contributed by atoms with Crippen LogP contribution in [0.4, 0.5) is 0 Å². The molecule has 0 spiro atoms. The fraction of sp³-hybridized carbons (Fsp3) is 0.200. The van der Waals surface area contributed by atoms with E-state index in [1.807, 2.05) is 0 Å². The summed E-state index contributed by atoms with van der Waals surface area (Å²) in [5, 5.41) is 8.83. The van der Waals surface area contributed by atoms with Gasteiger partial charge in [0.1, 0.15) is 5.82 Å². The van der Waals surface area contributed by atoms with Crippen LogP contribution in [-0.4, -0.2) is 21.0 Å². The predicted molar refractivity (Wildman–Crippen MR) is 53.3 cm³/mol. The quantitative estimate of drug-likeness (QED) is 0.696. The molecule has 0 aliphatic heterocycles. The van der Waals surface area contributed by atoms with Gasteiger partial charge in [-0.3, -0.25) is 0 Å². The summed E-state index contributed by atoms with van der Waals surface area (Å²) in [6, 6.07) is 0. The van der Waals surface area contributed by atoms with Gasteiger partial charge < -0.3 is 10.1 Å². The maximum atomic E-state index is 10.8. The Morgan fingerprint density at radius 2 is 2.07 bits per heavy atom. The normalized spacial score (nSPS) is 9.71. The van der Waals surface area contributed by atoms with Gasteiger partial charge >= 0.3 is 5.97 Å². The van der Waals surface area contributed by atoms with Gasteiger partial charge in [0, 0.05) is 12.8 Å². The summed E-state index contributed by atoms with van der Waals surface area (Å²) >= 11 is 0. The maximum absolute atomic E-state index is 10.8. The van der Waals surface area contributed by atoms with Crippen molar-refractivity contribution in [2.45, 2.75) is 12.8 Å². The summed E-state index contributed by atoms with van der Waals surface area (Å²) in [5.41, 5.74) is 0.658. The lowest BCUT2D eigenvalue weighted by atomic mass is 10.2. The SMILES string of the molecule is C=CCc1nc(C(=O)O)c(CC=C)[nH]1. The fourth-order valence-corrected chi connectivity index (χ4v) is 1.17. The highest BCUT2D eigenvalue weighted by Crippen LogP contribution is 2.08. The Hall–Kier alpha value is -1.84. The van der Waals surface area contributed by atoms with E-state index < -0.39 is 5.97 Å². The summed E-state index contributed by atoms with van der Waals surface area (Å²) in [6.45, 7) is 7.11. The van der Waals surface area contributed by atoms with E-state index in [9.17, 15) is 4.79 Å². The number of aromatic carboxylic acids is 1. The average molecular weight is 192 g/mol. The summed E-state index contributed by atoms with van der Waals surface area (Å²) in [5.74, 6) is -0.400. The standard InChI is InChI=1S/C10H12N2O2/c1-3-5-7-9(10(13)14)12-8(11-7)6-4-2/h3-4H,1-2,5-6H2,(H,11,12)(H,13,14). The van der Waals surface area contributed by atoms with Crippen LogP contribution in [0.25, 0.3) is 0 Å². The highest BCUT2D eigenvalue weighted by Gasteiger charge is 2.14. The number of H-pyrrole nitrogens is 1. The molecule has 2 N–H and O–H groups in total. The van der Waals surface area contributed by atoms with Crippen molar-refractivity contribution in [3.63, 3.8) is 0 Å². The number of hydrogen-bond donors (Lipinski definition) is 2. The molecule has 0 aliphatic carbocycles. The molecule has 1 heterocycles. The number of carboxylic acid groups (broad SMARTS) is 1. The zero-order chi connectivity index (χ0) is 10.6. The summed E-state index contributed by atoms with van der Waals surface area (Å²) in [6.07, 6.45) is 4.32. The van der Waals surface area contributed by atoms with Gasteiger partial charge in [0.15, 0.2) is 5.69 Å². The van der Waals surface area contributed by atoms with Gasteiger partial charge in [-0.05, 0) is 0 Å². The summed E-state index contributed by atoms with van der Waals surface area (Å²) < 4.78 is 0. The lowest BCUT2D eigenvalue weighted by Crippen LogP contribution is -2.01. The van der Waals surface area contributed by atoms with Crippen LogP contribution in [0.5, 0.6) is 0 Å². The van der Waals surface area contributed by atoms with Crippen LogP contribution in [0.3, 0.4) is 0 Å². The molecule has 1 aromatic rings. The minimum Gasteiger partial charge on any atom is -0.476 e. The van der Waals surface area contributed by atoms with Gasteiger partial charge in [-0.15, -0.1) is 13.2 Å². The molecule has 0 amide bonds. The highest BCUT2D eigenvalue weighted by atomic mass is 16.4. The molecule has 0 saturated carbocycles. The summed E-state index contributed by atoms with van der Waals surface area (Å²) in [4.78, 5) is 17.6. The Bertz CT molecular complexity index is 366. The monoisotopic (exact) mass is 192 g/mol. The van der Waals surface area contributed by atoms with Crippen LogP contribution in [0.15, 0.2) is 25.3 Å². The number of carbonyl (C=O) groups is 1. The van der Waals surface area contributed by atoms with Gasteiger partial charge in [0.25, 0.3) is 0 Å². The summed E-state index contributed by atoms with van der Waals surface area (Å²) in [7, 11) is 0. The van der Waals surface area contributed by atoms with Crippen LogP contribution < -0.4 is 0 Å². The lowest BCUT2D eigenvalue weighted by Gasteiger charge is -1.91. The smallest absolute Gasteiger partial charge is 0.356 e. The molecule has 0 aliphatic rings. The molecule has 0 saturated heterocycles. The molecule has 1 aromatic heterocycles. The molecule has 0 fully saturated rings. The Labute approximate surface area is 82.0 Å². The molecule has 0 radical (unpaired) electrons.